The number of anilines is 1. The van der Waals surface area contributed by atoms with Crippen molar-refractivity contribution in [2.24, 2.45) is 0 Å². The first-order valence-electron chi connectivity index (χ1n) is 9.02. The van der Waals surface area contributed by atoms with Crippen LogP contribution in [0.1, 0.15) is 32.9 Å². The molecule has 0 unspecified atom stereocenters. The van der Waals surface area contributed by atoms with E-state index in [1.807, 2.05) is 62.4 Å². The van der Waals surface area contributed by atoms with Crippen LogP contribution in [0.25, 0.3) is 5.69 Å². The second-order valence-electron chi connectivity index (χ2n) is 6.72. The normalized spacial score (nSPS) is 10.6. The molecule has 3 aromatic rings. The molecule has 1 heterocycles. The molecule has 3 rings (SSSR count). The molecule has 0 fully saturated rings. The van der Waals surface area contributed by atoms with E-state index in [1.165, 1.54) is 0 Å². The molecule has 1 aromatic heterocycles. The minimum Gasteiger partial charge on any atom is -0.452 e. The zero-order valence-electron chi connectivity index (χ0n) is 16.4. The van der Waals surface area contributed by atoms with E-state index < -0.39 is 5.97 Å². The summed E-state index contributed by atoms with van der Waals surface area (Å²) in [5.41, 5.74) is 5.36. The monoisotopic (exact) mass is 377 g/mol. The van der Waals surface area contributed by atoms with Crippen molar-refractivity contribution in [2.45, 2.75) is 27.7 Å². The first-order valence-corrected chi connectivity index (χ1v) is 9.02. The largest absolute Gasteiger partial charge is 0.452 e. The van der Waals surface area contributed by atoms with E-state index in [4.69, 9.17) is 4.74 Å². The maximum atomic E-state index is 12.5. The number of esters is 1. The Balaban J connectivity index is 1.67. The zero-order valence-corrected chi connectivity index (χ0v) is 16.4. The molecule has 2 aromatic carbocycles. The molecule has 0 bridgehead atoms. The topological polar surface area (TPSA) is 73.2 Å². The molecule has 0 aliphatic carbocycles. The number of hydrogen-bond acceptors (Lipinski definition) is 4. The molecule has 6 nitrogen and oxygen atoms in total. The van der Waals surface area contributed by atoms with Crippen molar-refractivity contribution in [1.82, 2.24) is 9.78 Å². The number of para-hydroxylation sites is 1. The Morgan fingerprint density at radius 1 is 1.00 bits per heavy atom. The van der Waals surface area contributed by atoms with Crippen molar-refractivity contribution in [3.63, 3.8) is 0 Å². The summed E-state index contributed by atoms with van der Waals surface area (Å²) in [5.74, 6) is -0.949. The molecule has 0 aliphatic heterocycles. The molecule has 144 valence electrons. The smallest absolute Gasteiger partial charge is 0.342 e. The molecular formula is C22H23N3O3. The van der Waals surface area contributed by atoms with Crippen molar-refractivity contribution in [2.75, 3.05) is 11.9 Å². The van der Waals surface area contributed by atoms with E-state index in [0.717, 1.165) is 16.8 Å². The standard InChI is InChI=1S/C22H23N3O3/c1-14-10-11-18(12-15(14)2)23-20(26)13-28-22(27)21-16(3)24-25(17(21)4)19-8-6-5-7-9-19/h5-12H,13H2,1-4H3,(H,23,26). The number of aryl methyl sites for hydroxylation is 3. The quantitative estimate of drug-likeness (QED) is 0.685. The number of carbonyl (C=O) groups excluding carboxylic acids is 2. The minimum absolute atomic E-state index is 0.360. The Hall–Kier alpha value is -3.41. The van der Waals surface area contributed by atoms with Crippen molar-refractivity contribution >= 4 is 17.6 Å². The summed E-state index contributed by atoms with van der Waals surface area (Å²) in [4.78, 5) is 24.7. The van der Waals surface area contributed by atoms with Crippen LogP contribution < -0.4 is 5.32 Å². The average molecular weight is 377 g/mol. The van der Waals surface area contributed by atoms with Crippen LogP contribution >= 0.6 is 0 Å². The highest BCUT2D eigenvalue weighted by molar-refractivity contribution is 5.96. The van der Waals surface area contributed by atoms with Gasteiger partial charge in [-0.05, 0) is 63.1 Å². The third kappa shape index (κ3) is 4.11. The van der Waals surface area contributed by atoms with Gasteiger partial charge in [-0.15, -0.1) is 0 Å². The molecule has 0 aliphatic rings. The predicted molar refractivity (Wildman–Crippen MR) is 108 cm³/mol. The summed E-state index contributed by atoms with van der Waals surface area (Å²) in [6.45, 7) is 7.17. The van der Waals surface area contributed by atoms with Crippen LogP contribution in [0.15, 0.2) is 48.5 Å². The average Bonchev–Trinajstić information content (AvgIpc) is 2.98. The first kappa shape index (κ1) is 19.4. The molecule has 0 spiro atoms. The van der Waals surface area contributed by atoms with Crippen molar-refractivity contribution in [1.29, 1.82) is 0 Å². The van der Waals surface area contributed by atoms with Gasteiger partial charge < -0.3 is 10.1 Å². The molecule has 1 N–H and O–H groups in total. The number of amides is 1. The van der Waals surface area contributed by atoms with Gasteiger partial charge in [-0.25, -0.2) is 9.48 Å². The number of aromatic nitrogens is 2. The summed E-state index contributed by atoms with van der Waals surface area (Å²) < 4.78 is 6.92. The summed E-state index contributed by atoms with van der Waals surface area (Å²) in [6, 6.07) is 15.2. The first-order chi connectivity index (χ1) is 13.4. The van der Waals surface area contributed by atoms with Crippen LogP contribution in [-0.4, -0.2) is 28.3 Å². The summed E-state index contributed by atoms with van der Waals surface area (Å²) in [6.07, 6.45) is 0. The maximum Gasteiger partial charge on any atom is 0.342 e. The number of nitrogens with zero attached hydrogens (tertiary/aromatic N) is 2. The van der Waals surface area contributed by atoms with Crippen LogP contribution in [0.5, 0.6) is 0 Å². The Morgan fingerprint density at radius 3 is 2.39 bits per heavy atom. The van der Waals surface area contributed by atoms with Gasteiger partial charge in [-0.1, -0.05) is 24.3 Å². The van der Waals surface area contributed by atoms with Crippen LogP contribution in [-0.2, 0) is 9.53 Å². The van der Waals surface area contributed by atoms with Gasteiger partial charge in [0.25, 0.3) is 5.91 Å². The Labute approximate surface area is 164 Å². The van der Waals surface area contributed by atoms with Gasteiger partial charge >= 0.3 is 5.97 Å². The Morgan fingerprint density at radius 2 is 1.71 bits per heavy atom. The van der Waals surface area contributed by atoms with E-state index in [2.05, 4.69) is 10.4 Å². The third-order valence-electron chi connectivity index (χ3n) is 4.62. The van der Waals surface area contributed by atoms with Crippen molar-refractivity contribution < 1.29 is 14.3 Å². The highest BCUT2D eigenvalue weighted by Gasteiger charge is 2.21. The summed E-state index contributed by atoms with van der Waals surface area (Å²) >= 11 is 0. The van der Waals surface area contributed by atoms with Crippen molar-refractivity contribution in [3.05, 3.63) is 76.6 Å². The minimum atomic E-state index is -0.563. The lowest BCUT2D eigenvalue weighted by Crippen LogP contribution is -2.21. The second kappa shape index (κ2) is 8.08. The fourth-order valence-corrected chi connectivity index (χ4v) is 2.98. The van der Waals surface area contributed by atoms with Gasteiger partial charge in [0.05, 0.1) is 17.1 Å². The second-order valence-corrected chi connectivity index (χ2v) is 6.72. The molecule has 0 radical (unpaired) electrons. The third-order valence-corrected chi connectivity index (χ3v) is 4.62. The summed E-state index contributed by atoms with van der Waals surface area (Å²) in [7, 11) is 0. The number of benzene rings is 2. The number of rotatable bonds is 5. The van der Waals surface area contributed by atoms with Gasteiger partial charge in [0.1, 0.15) is 5.56 Å². The number of ether oxygens (including phenoxy) is 1. The Kier molecular flexibility index (Phi) is 5.59. The highest BCUT2D eigenvalue weighted by Crippen LogP contribution is 2.19. The SMILES string of the molecule is Cc1ccc(NC(=O)COC(=O)c2c(C)nn(-c3ccccc3)c2C)cc1C. The molecule has 0 saturated carbocycles. The lowest BCUT2D eigenvalue weighted by Gasteiger charge is -2.09. The van der Waals surface area contributed by atoms with Crippen LogP contribution in [0.4, 0.5) is 5.69 Å². The summed E-state index contributed by atoms with van der Waals surface area (Å²) in [5, 5.41) is 7.17. The Bertz CT molecular complexity index is 1020. The molecular weight excluding hydrogens is 354 g/mol. The molecule has 0 saturated heterocycles. The molecule has 1 amide bonds. The van der Waals surface area contributed by atoms with E-state index in [1.54, 1.807) is 18.5 Å². The van der Waals surface area contributed by atoms with Gasteiger partial charge in [0.15, 0.2) is 6.61 Å². The van der Waals surface area contributed by atoms with Gasteiger partial charge in [-0.3, -0.25) is 4.79 Å². The lowest BCUT2D eigenvalue weighted by atomic mass is 10.1. The fraction of sp³-hybridized carbons (Fsp3) is 0.227. The van der Waals surface area contributed by atoms with E-state index in [-0.39, 0.29) is 12.5 Å². The number of hydrogen-bond donors (Lipinski definition) is 1. The molecule has 6 heteroatoms. The van der Waals surface area contributed by atoms with Crippen LogP contribution in [0.2, 0.25) is 0 Å². The fourth-order valence-electron chi connectivity index (χ4n) is 2.98. The van der Waals surface area contributed by atoms with E-state index in [0.29, 0.717) is 22.6 Å². The molecule has 28 heavy (non-hydrogen) atoms. The zero-order chi connectivity index (χ0) is 20.3. The van der Waals surface area contributed by atoms with Crippen LogP contribution in [0, 0.1) is 27.7 Å². The van der Waals surface area contributed by atoms with Crippen molar-refractivity contribution in [3.8, 4) is 5.69 Å². The maximum absolute atomic E-state index is 12.5. The van der Waals surface area contributed by atoms with Gasteiger partial charge in [-0.2, -0.15) is 5.10 Å². The lowest BCUT2D eigenvalue weighted by molar-refractivity contribution is -0.119. The molecule has 0 atom stereocenters. The number of nitrogens with one attached hydrogen (secondary N) is 1. The van der Waals surface area contributed by atoms with E-state index >= 15 is 0 Å². The predicted octanol–water partition coefficient (Wildman–Crippen LogP) is 3.90. The number of carbonyl (C=O) groups is 2. The van der Waals surface area contributed by atoms with Gasteiger partial charge in [0, 0.05) is 5.69 Å². The highest BCUT2D eigenvalue weighted by atomic mass is 16.5. The van der Waals surface area contributed by atoms with Gasteiger partial charge in [0.2, 0.25) is 0 Å². The van der Waals surface area contributed by atoms with Crippen LogP contribution in [0.3, 0.4) is 0 Å². The van der Waals surface area contributed by atoms with E-state index in [9.17, 15) is 9.59 Å².